The van der Waals surface area contributed by atoms with E-state index < -0.39 is 0 Å². The molecule has 3 nitrogen and oxygen atoms in total. The standard InChI is InChI=1S/C12H19NO2/c1-8(2)11-6-10(7-13-15-4)9(3)5-12(11)14/h5-6,8,13-14H,7H2,1-4H3. The molecule has 0 heterocycles. The Kier molecular flexibility index (Phi) is 4.12. The topological polar surface area (TPSA) is 41.5 Å². The van der Waals surface area contributed by atoms with Crippen LogP contribution < -0.4 is 5.48 Å². The number of benzene rings is 1. The third-order valence-corrected chi connectivity index (χ3v) is 2.51. The fraction of sp³-hybridized carbons (Fsp3) is 0.500. The summed E-state index contributed by atoms with van der Waals surface area (Å²) in [5.41, 5.74) is 6.01. The third-order valence-electron chi connectivity index (χ3n) is 2.51. The van der Waals surface area contributed by atoms with E-state index in [0.29, 0.717) is 18.2 Å². The molecule has 0 aliphatic carbocycles. The van der Waals surface area contributed by atoms with Crippen LogP contribution >= 0.6 is 0 Å². The average molecular weight is 209 g/mol. The van der Waals surface area contributed by atoms with Crippen LogP contribution in [0.1, 0.15) is 36.5 Å². The second-order valence-corrected chi connectivity index (χ2v) is 4.02. The molecule has 15 heavy (non-hydrogen) atoms. The van der Waals surface area contributed by atoms with Crippen molar-refractivity contribution in [2.24, 2.45) is 0 Å². The molecule has 3 heteroatoms. The normalized spacial score (nSPS) is 11.0. The Morgan fingerprint density at radius 1 is 1.40 bits per heavy atom. The van der Waals surface area contributed by atoms with Crippen LogP contribution in [0.4, 0.5) is 0 Å². The molecule has 0 atom stereocenters. The maximum Gasteiger partial charge on any atom is 0.119 e. The quantitative estimate of drug-likeness (QED) is 0.748. The summed E-state index contributed by atoms with van der Waals surface area (Å²) in [6, 6.07) is 3.84. The van der Waals surface area contributed by atoms with E-state index >= 15 is 0 Å². The molecule has 0 aliphatic rings. The molecule has 0 bridgehead atoms. The van der Waals surface area contributed by atoms with Crippen LogP contribution in [-0.4, -0.2) is 12.2 Å². The molecule has 2 N–H and O–H groups in total. The monoisotopic (exact) mass is 209 g/mol. The maximum absolute atomic E-state index is 9.76. The van der Waals surface area contributed by atoms with Gasteiger partial charge in [-0.05, 0) is 35.6 Å². The molecule has 1 rings (SSSR count). The molecule has 0 aromatic heterocycles. The van der Waals surface area contributed by atoms with Crippen LogP contribution in [0.25, 0.3) is 0 Å². The van der Waals surface area contributed by atoms with Gasteiger partial charge < -0.3 is 9.94 Å². The minimum Gasteiger partial charge on any atom is -0.508 e. The van der Waals surface area contributed by atoms with E-state index in [-0.39, 0.29) is 0 Å². The number of hydroxylamine groups is 1. The van der Waals surface area contributed by atoms with Gasteiger partial charge in [-0.1, -0.05) is 19.9 Å². The van der Waals surface area contributed by atoms with Gasteiger partial charge in [0, 0.05) is 6.54 Å². The summed E-state index contributed by atoms with van der Waals surface area (Å²) < 4.78 is 0. The van der Waals surface area contributed by atoms with Crippen molar-refractivity contribution < 1.29 is 9.94 Å². The lowest BCUT2D eigenvalue weighted by molar-refractivity contribution is 0.0865. The zero-order valence-corrected chi connectivity index (χ0v) is 9.79. The summed E-state index contributed by atoms with van der Waals surface area (Å²) >= 11 is 0. The van der Waals surface area contributed by atoms with E-state index in [0.717, 1.165) is 16.7 Å². The van der Waals surface area contributed by atoms with Crippen molar-refractivity contribution in [1.82, 2.24) is 5.48 Å². The first kappa shape index (κ1) is 12.0. The van der Waals surface area contributed by atoms with Crippen LogP contribution in [0.3, 0.4) is 0 Å². The molecule has 84 valence electrons. The molecule has 1 aromatic carbocycles. The lowest BCUT2D eigenvalue weighted by Gasteiger charge is -2.13. The molecule has 1 aromatic rings. The van der Waals surface area contributed by atoms with Crippen molar-refractivity contribution >= 4 is 0 Å². The molecule has 0 unspecified atom stereocenters. The smallest absolute Gasteiger partial charge is 0.119 e. The van der Waals surface area contributed by atoms with Gasteiger partial charge in [0.2, 0.25) is 0 Å². The first-order chi connectivity index (χ1) is 7.06. The van der Waals surface area contributed by atoms with Gasteiger partial charge in [0.1, 0.15) is 5.75 Å². The molecule has 0 radical (unpaired) electrons. The van der Waals surface area contributed by atoms with Crippen LogP contribution in [0.15, 0.2) is 12.1 Å². The Morgan fingerprint density at radius 3 is 2.60 bits per heavy atom. The predicted molar refractivity (Wildman–Crippen MR) is 60.8 cm³/mol. The molecular weight excluding hydrogens is 190 g/mol. The lowest BCUT2D eigenvalue weighted by atomic mass is 9.96. The summed E-state index contributed by atoms with van der Waals surface area (Å²) in [6.45, 7) is 6.77. The van der Waals surface area contributed by atoms with E-state index in [1.54, 1.807) is 7.11 Å². The molecule has 0 aliphatic heterocycles. The minimum atomic E-state index is 0.326. The number of phenolic OH excluding ortho intramolecular Hbond substituents is 1. The van der Waals surface area contributed by atoms with Crippen molar-refractivity contribution in [1.29, 1.82) is 0 Å². The predicted octanol–water partition coefficient (Wildman–Crippen LogP) is 2.48. The molecule has 0 spiro atoms. The van der Waals surface area contributed by atoms with Gasteiger partial charge in [-0.3, -0.25) is 0 Å². The second kappa shape index (κ2) is 5.14. The summed E-state index contributed by atoms with van der Waals surface area (Å²) in [4.78, 5) is 4.82. The van der Waals surface area contributed by atoms with Crippen LogP contribution in [-0.2, 0) is 11.4 Å². The first-order valence-electron chi connectivity index (χ1n) is 5.14. The van der Waals surface area contributed by atoms with Gasteiger partial charge in [-0.25, -0.2) is 0 Å². The minimum absolute atomic E-state index is 0.326. The van der Waals surface area contributed by atoms with Gasteiger partial charge in [-0.15, -0.1) is 0 Å². The van der Waals surface area contributed by atoms with Crippen LogP contribution in [0.2, 0.25) is 0 Å². The number of hydrogen-bond donors (Lipinski definition) is 2. The fourth-order valence-electron chi connectivity index (χ4n) is 1.56. The fourth-order valence-corrected chi connectivity index (χ4v) is 1.56. The number of aryl methyl sites for hydroxylation is 1. The highest BCUT2D eigenvalue weighted by Crippen LogP contribution is 2.28. The Labute approximate surface area is 91.0 Å². The molecular formula is C12H19NO2. The largest absolute Gasteiger partial charge is 0.508 e. The zero-order chi connectivity index (χ0) is 11.4. The van der Waals surface area contributed by atoms with Crippen molar-refractivity contribution in [2.75, 3.05) is 7.11 Å². The van der Waals surface area contributed by atoms with Gasteiger partial charge in [0.15, 0.2) is 0 Å². The second-order valence-electron chi connectivity index (χ2n) is 4.02. The van der Waals surface area contributed by atoms with Gasteiger partial charge in [-0.2, -0.15) is 5.48 Å². The van der Waals surface area contributed by atoms with Crippen LogP contribution in [0, 0.1) is 6.92 Å². The van der Waals surface area contributed by atoms with E-state index in [2.05, 4.69) is 19.3 Å². The summed E-state index contributed by atoms with van der Waals surface area (Å²) in [6.07, 6.45) is 0. The Morgan fingerprint density at radius 2 is 2.07 bits per heavy atom. The van der Waals surface area contributed by atoms with Gasteiger partial charge in [0.05, 0.1) is 7.11 Å². The molecule has 0 amide bonds. The Hall–Kier alpha value is -1.06. The highest BCUT2D eigenvalue weighted by molar-refractivity contribution is 5.42. The molecule has 0 fully saturated rings. The molecule has 0 saturated heterocycles. The van der Waals surface area contributed by atoms with E-state index in [4.69, 9.17) is 4.84 Å². The number of hydrogen-bond acceptors (Lipinski definition) is 3. The van der Waals surface area contributed by atoms with Gasteiger partial charge in [0.25, 0.3) is 0 Å². The highest BCUT2D eigenvalue weighted by Gasteiger charge is 2.09. The average Bonchev–Trinajstić information content (AvgIpc) is 2.16. The highest BCUT2D eigenvalue weighted by atomic mass is 16.6. The van der Waals surface area contributed by atoms with E-state index in [1.807, 2.05) is 19.1 Å². The maximum atomic E-state index is 9.76. The number of aromatic hydroxyl groups is 1. The SMILES string of the molecule is CONCc1cc(C(C)C)c(O)cc1C. The van der Waals surface area contributed by atoms with Crippen molar-refractivity contribution in [3.8, 4) is 5.75 Å². The number of nitrogens with one attached hydrogen (secondary N) is 1. The summed E-state index contributed by atoms with van der Waals surface area (Å²) in [7, 11) is 1.60. The molecule has 0 saturated carbocycles. The van der Waals surface area contributed by atoms with E-state index in [9.17, 15) is 5.11 Å². The van der Waals surface area contributed by atoms with Crippen molar-refractivity contribution in [2.45, 2.75) is 33.2 Å². The summed E-state index contributed by atoms with van der Waals surface area (Å²) in [5.74, 6) is 0.704. The number of rotatable bonds is 4. The number of phenols is 1. The third kappa shape index (κ3) is 2.94. The summed E-state index contributed by atoms with van der Waals surface area (Å²) in [5, 5.41) is 9.76. The van der Waals surface area contributed by atoms with Gasteiger partial charge >= 0.3 is 0 Å². The van der Waals surface area contributed by atoms with Crippen molar-refractivity contribution in [3.63, 3.8) is 0 Å². The zero-order valence-electron chi connectivity index (χ0n) is 9.79. The lowest BCUT2D eigenvalue weighted by Crippen LogP contribution is -2.12. The Bertz CT molecular complexity index is 335. The first-order valence-corrected chi connectivity index (χ1v) is 5.14. The van der Waals surface area contributed by atoms with Crippen LogP contribution in [0.5, 0.6) is 5.75 Å². The Balaban J connectivity index is 3.00. The van der Waals surface area contributed by atoms with Crippen molar-refractivity contribution in [3.05, 3.63) is 28.8 Å². The van der Waals surface area contributed by atoms with E-state index in [1.165, 1.54) is 0 Å².